The molecule has 1 amide bonds. The van der Waals surface area contributed by atoms with E-state index in [0.29, 0.717) is 5.56 Å². The Bertz CT molecular complexity index is 360. The molecule has 4 heteroatoms. The van der Waals surface area contributed by atoms with Gasteiger partial charge >= 0.3 is 0 Å². The second-order valence-corrected chi connectivity index (χ2v) is 5.14. The average Bonchev–Trinajstić information content (AvgIpc) is 2.83. The fraction of sp³-hybridized carbons (Fsp3) is 0.733. The molecular formula is C15H27N3O. The van der Waals surface area contributed by atoms with Crippen molar-refractivity contribution >= 4 is 5.91 Å². The van der Waals surface area contributed by atoms with Gasteiger partial charge in [-0.3, -0.25) is 9.89 Å². The van der Waals surface area contributed by atoms with E-state index in [1.165, 1.54) is 44.9 Å². The number of carbonyl (C=O) groups excluding carboxylic acids is 1. The summed E-state index contributed by atoms with van der Waals surface area (Å²) in [5, 5.41) is 9.56. The molecule has 0 aliphatic rings. The number of carbonyl (C=O) groups is 1. The van der Waals surface area contributed by atoms with E-state index >= 15 is 0 Å². The molecule has 0 spiro atoms. The zero-order valence-corrected chi connectivity index (χ0v) is 12.3. The molecule has 0 aliphatic heterocycles. The van der Waals surface area contributed by atoms with Gasteiger partial charge in [-0.15, -0.1) is 0 Å². The Morgan fingerprint density at radius 3 is 2.37 bits per heavy atom. The average molecular weight is 265 g/mol. The van der Waals surface area contributed by atoms with Gasteiger partial charge < -0.3 is 5.32 Å². The zero-order valence-electron chi connectivity index (χ0n) is 12.3. The van der Waals surface area contributed by atoms with Gasteiger partial charge in [-0.2, -0.15) is 5.10 Å². The van der Waals surface area contributed by atoms with Gasteiger partial charge in [0.1, 0.15) is 0 Å². The molecule has 0 bridgehead atoms. The molecule has 108 valence electrons. The first-order valence-corrected chi connectivity index (χ1v) is 7.54. The van der Waals surface area contributed by atoms with Crippen molar-refractivity contribution in [3.8, 4) is 0 Å². The standard InChI is InChI=1S/C15H27N3O/c1-3-4-5-6-7-8-9-10-11-16-15(19)14-12-17-18-13(14)2/h12H,3-11H2,1-2H3,(H,16,19)(H,17,18). The maximum absolute atomic E-state index is 11.8. The lowest BCUT2D eigenvalue weighted by Crippen LogP contribution is -2.24. The van der Waals surface area contributed by atoms with Crippen molar-refractivity contribution in [2.45, 2.75) is 65.2 Å². The van der Waals surface area contributed by atoms with Gasteiger partial charge in [0, 0.05) is 12.2 Å². The molecule has 0 unspecified atom stereocenters. The third-order valence-electron chi connectivity index (χ3n) is 3.39. The summed E-state index contributed by atoms with van der Waals surface area (Å²) in [6, 6.07) is 0. The quantitative estimate of drug-likeness (QED) is 0.635. The Morgan fingerprint density at radius 1 is 1.16 bits per heavy atom. The summed E-state index contributed by atoms with van der Waals surface area (Å²) in [4.78, 5) is 11.8. The molecule has 1 heterocycles. The largest absolute Gasteiger partial charge is 0.352 e. The lowest BCUT2D eigenvalue weighted by atomic mass is 10.1. The van der Waals surface area contributed by atoms with Crippen LogP contribution in [0.4, 0.5) is 0 Å². The first kappa shape index (κ1) is 15.7. The van der Waals surface area contributed by atoms with Crippen molar-refractivity contribution in [1.82, 2.24) is 15.5 Å². The van der Waals surface area contributed by atoms with Crippen molar-refractivity contribution in [3.05, 3.63) is 17.5 Å². The summed E-state index contributed by atoms with van der Waals surface area (Å²) in [7, 11) is 0. The van der Waals surface area contributed by atoms with Crippen LogP contribution in [0.1, 0.15) is 74.3 Å². The molecule has 0 saturated carbocycles. The van der Waals surface area contributed by atoms with Gasteiger partial charge in [0.2, 0.25) is 0 Å². The number of aryl methyl sites for hydroxylation is 1. The monoisotopic (exact) mass is 265 g/mol. The van der Waals surface area contributed by atoms with E-state index in [-0.39, 0.29) is 5.91 Å². The fourth-order valence-electron chi connectivity index (χ4n) is 2.14. The number of amides is 1. The fourth-order valence-corrected chi connectivity index (χ4v) is 2.14. The highest BCUT2D eigenvalue weighted by Gasteiger charge is 2.09. The van der Waals surface area contributed by atoms with E-state index in [2.05, 4.69) is 22.4 Å². The van der Waals surface area contributed by atoms with Crippen LogP contribution in [0.3, 0.4) is 0 Å². The molecule has 1 aromatic rings. The SMILES string of the molecule is CCCCCCCCCCNC(=O)c1cn[nH]c1C. The van der Waals surface area contributed by atoms with Crippen LogP contribution >= 0.6 is 0 Å². The first-order chi connectivity index (χ1) is 9.25. The number of aromatic amines is 1. The highest BCUT2D eigenvalue weighted by atomic mass is 16.1. The number of nitrogens with zero attached hydrogens (tertiary/aromatic N) is 1. The van der Waals surface area contributed by atoms with Crippen LogP contribution < -0.4 is 5.32 Å². The van der Waals surface area contributed by atoms with E-state index in [0.717, 1.165) is 18.7 Å². The van der Waals surface area contributed by atoms with Crippen LogP contribution in [0.5, 0.6) is 0 Å². The van der Waals surface area contributed by atoms with Gasteiger partial charge in [-0.1, -0.05) is 51.9 Å². The molecule has 2 N–H and O–H groups in total. The molecular weight excluding hydrogens is 238 g/mol. The Morgan fingerprint density at radius 2 is 1.79 bits per heavy atom. The lowest BCUT2D eigenvalue weighted by molar-refractivity contribution is 0.0952. The van der Waals surface area contributed by atoms with Gasteiger partial charge in [0.15, 0.2) is 0 Å². The number of hydrogen-bond acceptors (Lipinski definition) is 2. The molecule has 0 aliphatic carbocycles. The number of aromatic nitrogens is 2. The third-order valence-corrected chi connectivity index (χ3v) is 3.39. The second-order valence-electron chi connectivity index (χ2n) is 5.14. The molecule has 4 nitrogen and oxygen atoms in total. The van der Waals surface area contributed by atoms with Gasteiger partial charge in [-0.05, 0) is 13.3 Å². The molecule has 0 aromatic carbocycles. The van der Waals surface area contributed by atoms with Crippen molar-refractivity contribution in [3.63, 3.8) is 0 Å². The zero-order chi connectivity index (χ0) is 13.9. The van der Waals surface area contributed by atoms with Crippen LogP contribution in [0.15, 0.2) is 6.20 Å². The Labute approximate surface area is 116 Å². The van der Waals surface area contributed by atoms with E-state index < -0.39 is 0 Å². The normalized spacial score (nSPS) is 10.6. The topological polar surface area (TPSA) is 57.8 Å². The van der Waals surface area contributed by atoms with Gasteiger partial charge in [-0.25, -0.2) is 0 Å². The van der Waals surface area contributed by atoms with E-state index in [1.807, 2.05) is 6.92 Å². The molecule has 0 fully saturated rings. The molecule has 0 radical (unpaired) electrons. The summed E-state index contributed by atoms with van der Waals surface area (Å²) in [5.41, 5.74) is 1.48. The van der Waals surface area contributed by atoms with Crippen molar-refractivity contribution in [2.24, 2.45) is 0 Å². The van der Waals surface area contributed by atoms with Crippen molar-refractivity contribution in [2.75, 3.05) is 6.54 Å². The predicted molar refractivity (Wildman–Crippen MR) is 78.3 cm³/mol. The van der Waals surface area contributed by atoms with Crippen LogP contribution in [0.25, 0.3) is 0 Å². The van der Waals surface area contributed by atoms with E-state index in [4.69, 9.17) is 0 Å². The number of hydrogen-bond donors (Lipinski definition) is 2. The molecule has 1 aromatic heterocycles. The smallest absolute Gasteiger partial charge is 0.254 e. The minimum atomic E-state index is -0.0193. The lowest BCUT2D eigenvalue weighted by Gasteiger charge is -2.04. The summed E-state index contributed by atoms with van der Waals surface area (Å²) in [5.74, 6) is -0.0193. The Balaban J connectivity index is 1.96. The summed E-state index contributed by atoms with van der Waals surface area (Å²) in [6.45, 7) is 4.86. The molecule has 0 saturated heterocycles. The van der Waals surface area contributed by atoms with Crippen LogP contribution in [0.2, 0.25) is 0 Å². The van der Waals surface area contributed by atoms with Gasteiger partial charge in [0.25, 0.3) is 5.91 Å². The van der Waals surface area contributed by atoms with Crippen LogP contribution in [-0.4, -0.2) is 22.6 Å². The number of rotatable bonds is 10. The van der Waals surface area contributed by atoms with E-state index in [1.54, 1.807) is 6.20 Å². The van der Waals surface area contributed by atoms with Gasteiger partial charge in [0.05, 0.1) is 11.8 Å². The second kappa shape index (κ2) is 9.59. The molecule has 0 atom stereocenters. The molecule has 19 heavy (non-hydrogen) atoms. The minimum absolute atomic E-state index is 0.0193. The maximum atomic E-state index is 11.8. The number of H-pyrrole nitrogens is 1. The summed E-state index contributed by atoms with van der Waals surface area (Å²) in [6.07, 6.45) is 11.9. The van der Waals surface area contributed by atoms with Crippen molar-refractivity contribution < 1.29 is 4.79 Å². The first-order valence-electron chi connectivity index (χ1n) is 7.54. The molecule has 1 rings (SSSR count). The number of unbranched alkanes of at least 4 members (excludes halogenated alkanes) is 7. The minimum Gasteiger partial charge on any atom is -0.352 e. The highest BCUT2D eigenvalue weighted by molar-refractivity contribution is 5.94. The maximum Gasteiger partial charge on any atom is 0.254 e. The summed E-state index contributed by atoms with van der Waals surface area (Å²) < 4.78 is 0. The third kappa shape index (κ3) is 6.41. The van der Waals surface area contributed by atoms with Crippen LogP contribution in [0, 0.1) is 6.92 Å². The number of nitrogens with one attached hydrogen (secondary N) is 2. The van der Waals surface area contributed by atoms with Crippen molar-refractivity contribution in [1.29, 1.82) is 0 Å². The Kier molecular flexibility index (Phi) is 7.94. The van der Waals surface area contributed by atoms with E-state index in [9.17, 15) is 4.79 Å². The highest BCUT2D eigenvalue weighted by Crippen LogP contribution is 2.08. The predicted octanol–water partition coefficient (Wildman–Crippen LogP) is 3.59. The Hall–Kier alpha value is -1.32. The van der Waals surface area contributed by atoms with Crippen LogP contribution in [-0.2, 0) is 0 Å². The summed E-state index contributed by atoms with van der Waals surface area (Å²) >= 11 is 0.